The lowest BCUT2D eigenvalue weighted by molar-refractivity contribution is -0.0742. The van der Waals surface area contributed by atoms with E-state index >= 15 is 0 Å². The van der Waals surface area contributed by atoms with E-state index in [0.29, 0.717) is 23.2 Å². The minimum atomic E-state index is -1.02. The maximum Gasteiger partial charge on any atom is 0.338 e. The smallest absolute Gasteiger partial charge is 0.338 e. The summed E-state index contributed by atoms with van der Waals surface area (Å²) in [7, 11) is 0. The normalized spacial score (nSPS) is 34.7. The molecule has 190 valence electrons. The second-order valence-corrected chi connectivity index (χ2v) is 14.0. The zero-order chi connectivity index (χ0) is 25.5. The highest BCUT2D eigenvalue weighted by atomic mass is 79.9. The Kier molecular flexibility index (Phi) is 8.37. The van der Waals surface area contributed by atoms with Crippen molar-refractivity contribution in [3.63, 3.8) is 0 Å². The van der Waals surface area contributed by atoms with Gasteiger partial charge < -0.3 is 14.9 Å². The Morgan fingerprint density at radius 1 is 1.03 bits per heavy atom. The number of hydrogen-bond donors (Lipinski definition) is 2. The number of esters is 1. The van der Waals surface area contributed by atoms with Gasteiger partial charge in [0.15, 0.2) is 0 Å². The number of carbonyl (C=O) groups excluding carboxylic acids is 1. The van der Waals surface area contributed by atoms with Crippen molar-refractivity contribution in [3.8, 4) is 5.75 Å². The Hall–Kier alpha value is -0.850. The zero-order valence-corrected chi connectivity index (χ0v) is 24.3. The van der Waals surface area contributed by atoms with Crippen LogP contribution in [0.2, 0.25) is 0 Å². The fourth-order valence-electron chi connectivity index (χ4n) is 5.51. The lowest BCUT2D eigenvalue weighted by atomic mass is 9.61. The standard InChI is InChI=1S/C28H40Br2O4/c1-17-7-10-23(30)28(6)14-11-22(29)26(2,3)13-12-24(32)27(4,5)34-25(33)18-8-9-21(31)19(15-18)16-20(17)28/h8-9,15,20,22-24,31-32H,1,7,10-14,16H2,2-6H3/t20-,22-,23+,24+,28+/m1/s1. The Balaban J connectivity index is 2.05. The van der Waals surface area contributed by atoms with E-state index in [9.17, 15) is 15.0 Å². The van der Waals surface area contributed by atoms with Crippen molar-refractivity contribution in [3.05, 3.63) is 41.5 Å². The number of fused-ring (bicyclic) bond motifs is 3. The molecule has 0 radical (unpaired) electrons. The number of alkyl halides is 2. The van der Waals surface area contributed by atoms with Gasteiger partial charge in [-0.05, 0) is 99.3 Å². The van der Waals surface area contributed by atoms with Gasteiger partial charge in [0.05, 0.1) is 11.7 Å². The zero-order valence-electron chi connectivity index (χ0n) is 21.2. The second-order valence-electron chi connectivity index (χ2n) is 11.8. The second kappa shape index (κ2) is 10.3. The summed E-state index contributed by atoms with van der Waals surface area (Å²) in [6.07, 6.45) is 5.17. The molecule has 1 aliphatic heterocycles. The first-order chi connectivity index (χ1) is 15.7. The molecule has 2 aliphatic rings. The Labute approximate surface area is 221 Å². The summed E-state index contributed by atoms with van der Waals surface area (Å²) in [5, 5.41) is 21.6. The molecule has 2 bridgehead atoms. The summed E-state index contributed by atoms with van der Waals surface area (Å²) in [4.78, 5) is 13.7. The van der Waals surface area contributed by atoms with E-state index < -0.39 is 17.7 Å². The van der Waals surface area contributed by atoms with Crippen LogP contribution in [0.4, 0.5) is 0 Å². The van der Waals surface area contributed by atoms with Crippen LogP contribution in [0.5, 0.6) is 5.75 Å². The van der Waals surface area contributed by atoms with Crippen LogP contribution in [-0.2, 0) is 11.2 Å². The van der Waals surface area contributed by atoms with Gasteiger partial charge >= 0.3 is 5.97 Å². The van der Waals surface area contributed by atoms with Gasteiger partial charge in [0.2, 0.25) is 0 Å². The number of aliphatic hydroxyl groups is 1. The molecule has 4 nitrogen and oxygen atoms in total. The molecule has 1 fully saturated rings. The van der Waals surface area contributed by atoms with Gasteiger partial charge in [-0.1, -0.05) is 64.8 Å². The fourth-order valence-corrected chi connectivity index (χ4v) is 6.75. The van der Waals surface area contributed by atoms with E-state index in [1.165, 1.54) is 5.57 Å². The van der Waals surface area contributed by atoms with Crippen LogP contribution in [0.3, 0.4) is 0 Å². The number of benzene rings is 1. The Morgan fingerprint density at radius 2 is 1.71 bits per heavy atom. The van der Waals surface area contributed by atoms with Crippen LogP contribution >= 0.6 is 31.9 Å². The quantitative estimate of drug-likeness (QED) is 0.186. The number of halogens is 2. The summed E-state index contributed by atoms with van der Waals surface area (Å²) >= 11 is 7.97. The predicted molar refractivity (Wildman–Crippen MR) is 145 cm³/mol. The molecule has 1 saturated carbocycles. The van der Waals surface area contributed by atoms with Crippen molar-refractivity contribution >= 4 is 37.8 Å². The molecule has 0 aromatic heterocycles. The number of aromatic hydroxyl groups is 1. The molecule has 34 heavy (non-hydrogen) atoms. The molecule has 2 N–H and O–H groups in total. The van der Waals surface area contributed by atoms with E-state index in [0.717, 1.165) is 37.7 Å². The van der Waals surface area contributed by atoms with Crippen molar-refractivity contribution < 1.29 is 19.7 Å². The van der Waals surface area contributed by atoms with Crippen molar-refractivity contribution in [2.45, 2.75) is 101 Å². The van der Waals surface area contributed by atoms with Gasteiger partial charge in [-0.25, -0.2) is 4.79 Å². The highest BCUT2D eigenvalue weighted by Gasteiger charge is 2.45. The molecule has 1 aromatic rings. The molecular weight excluding hydrogens is 560 g/mol. The maximum atomic E-state index is 13.0. The van der Waals surface area contributed by atoms with Crippen molar-refractivity contribution in [1.82, 2.24) is 0 Å². The third kappa shape index (κ3) is 5.75. The molecule has 6 heteroatoms. The van der Waals surface area contributed by atoms with Crippen LogP contribution in [0.15, 0.2) is 30.4 Å². The number of rotatable bonds is 0. The van der Waals surface area contributed by atoms with Crippen molar-refractivity contribution in [1.29, 1.82) is 0 Å². The number of aliphatic hydroxyl groups excluding tert-OH is 1. The lowest BCUT2D eigenvalue weighted by Crippen LogP contribution is -2.43. The molecule has 3 rings (SSSR count). The van der Waals surface area contributed by atoms with Crippen LogP contribution in [-0.4, -0.2) is 37.5 Å². The SMILES string of the molecule is C=C1CC[C@H](Br)[C@@]2(C)CC[C@@H](Br)C(C)(C)CC[C@H](O)C(C)(C)OC(=O)c3ccc(O)c(c3)C[C@H]12. The number of allylic oxidation sites excluding steroid dienone is 1. The maximum absolute atomic E-state index is 13.0. The van der Waals surface area contributed by atoms with E-state index in [4.69, 9.17) is 4.74 Å². The summed E-state index contributed by atoms with van der Waals surface area (Å²) in [5.41, 5.74) is 1.22. The van der Waals surface area contributed by atoms with Crippen molar-refractivity contribution in [2.75, 3.05) is 0 Å². The summed E-state index contributed by atoms with van der Waals surface area (Å²) in [5.74, 6) is -0.126. The molecule has 0 amide bonds. The third-order valence-electron chi connectivity index (χ3n) is 8.47. The monoisotopic (exact) mass is 598 g/mol. The molecule has 1 aromatic carbocycles. The fraction of sp³-hybridized carbons (Fsp3) is 0.679. The third-order valence-corrected chi connectivity index (χ3v) is 11.7. The van der Waals surface area contributed by atoms with Gasteiger partial charge in [0, 0.05) is 9.65 Å². The van der Waals surface area contributed by atoms with E-state index in [1.807, 2.05) is 0 Å². The molecule has 1 heterocycles. The van der Waals surface area contributed by atoms with Gasteiger partial charge in [-0.2, -0.15) is 0 Å². The van der Waals surface area contributed by atoms with Crippen LogP contribution < -0.4 is 0 Å². The molecule has 0 spiro atoms. The number of hydrogen-bond acceptors (Lipinski definition) is 4. The van der Waals surface area contributed by atoms with Crippen molar-refractivity contribution in [2.24, 2.45) is 16.7 Å². The number of phenols is 1. The average Bonchev–Trinajstić information content (AvgIpc) is 2.76. The molecule has 0 saturated heterocycles. The number of cyclic esters (lactones) is 1. The van der Waals surface area contributed by atoms with Crippen LogP contribution in [0.1, 0.15) is 89.1 Å². The number of phenolic OH excluding ortho intramolecular Hbond substituents is 1. The highest BCUT2D eigenvalue weighted by molar-refractivity contribution is 9.09. The summed E-state index contributed by atoms with van der Waals surface area (Å²) in [6.45, 7) is 14.7. The first-order valence-electron chi connectivity index (χ1n) is 12.4. The lowest BCUT2D eigenvalue weighted by Gasteiger charge is -2.48. The Morgan fingerprint density at radius 3 is 2.38 bits per heavy atom. The minimum Gasteiger partial charge on any atom is -0.508 e. The van der Waals surface area contributed by atoms with Gasteiger partial charge in [-0.3, -0.25) is 0 Å². The number of carbonyl (C=O) groups is 1. The minimum absolute atomic E-state index is 0.0416. The van der Waals surface area contributed by atoms with Gasteiger partial charge in [0.25, 0.3) is 0 Å². The molecule has 1 aliphatic carbocycles. The van der Waals surface area contributed by atoms with E-state index in [-0.39, 0.29) is 27.3 Å². The molecular formula is C28H40Br2O4. The van der Waals surface area contributed by atoms with Gasteiger partial charge in [-0.15, -0.1) is 0 Å². The van der Waals surface area contributed by atoms with E-state index in [2.05, 4.69) is 59.2 Å². The average molecular weight is 600 g/mol. The molecule has 0 unspecified atom stereocenters. The molecule has 5 atom stereocenters. The predicted octanol–water partition coefficient (Wildman–Crippen LogP) is 7.33. The topological polar surface area (TPSA) is 66.8 Å². The van der Waals surface area contributed by atoms with Gasteiger partial charge in [0.1, 0.15) is 11.4 Å². The first-order valence-corrected chi connectivity index (χ1v) is 14.2. The van der Waals surface area contributed by atoms with E-state index in [1.54, 1.807) is 32.0 Å². The highest BCUT2D eigenvalue weighted by Crippen LogP contribution is 2.53. The van der Waals surface area contributed by atoms with Crippen LogP contribution in [0.25, 0.3) is 0 Å². The first kappa shape index (κ1) is 27.7. The summed E-state index contributed by atoms with van der Waals surface area (Å²) < 4.78 is 5.78. The van der Waals surface area contributed by atoms with Crippen LogP contribution in [0, 0.1) is 16.7 Å². The summed E-state index contributed by atoms with van der Waals surface area (Å²) in [6, 6.07) is 4.91. The largest absolute Gasteiger partial charge is 0.508 e. The Bertz CT molecular complexity index is 925. The number of ether oxygens (including phenoxy) is 1.